The smallest absolute Gasteiger partial charge is 0.310 e. The summed E-state index contributed by atoms with van der Waals surface area (Å²) in [7, 11) is 0. The molecule has 3 saturated heterocycles. The van der Waals surface area contributed by atoms with Gasteiger partial charge in [0.25, 0.3) is 5.91 Å². The predicted octanol–water partition coefficient (Wildman–Crippen LogP) is 2.75. The molecule has 1 aromatic carbocycles. The summed E-state index contributed by atoms with van der Waals surface area (Å²) in [6, 6.07) is 6.22. The average Bonchev–Trinajstić information content (AvgIpc) is 3.37. The molecule has 0 aliphatic carbocycles. The molecule has 6 atom stereocenters. The minimum atomic E-state index is -0.831. The van der Waals surface area contributed by atoms with E-state index in [4.69, 9.17) is 16.3 Å². The summed E-state index contributed by atoms with van der Waals surface area (Å²) in [5, 5.41) is 10.1. The molecule has 3 aliphatic heterocycles. The van der Waals surface area contributed by atoms with E-state index in [-0.39, 0.29) is 55.3 Å². The average molecular weight is 493 g/mol. The number of carbonyl (C=O) groups is 3. The molecule has 3 aliphatic rings. The van der Waals surface area contributed by atoms with Crippen LogP contribution in [0.3, 0.4) is 0 Å². The van der Waals surface area contributed by atoms with Crippen LogP contribution in [0.25, 0.3) is 0 Å². The number of esters is 1. The zero-order chi connectivity index (χ0) is 23.9. The molecule has 3 unspecified atom stereocenters. The Labute approximate surface area is 203 Å². The molecule has 7 nitrogen and oxygen atoms in total. The zero-order valence-corrected chi connectivity index (χ0v) is 20.3. The summed E-state index contributed by atoms with van der Waals surface area (Å²) in [5.41, 5.74) is 0.535. The zero-order valence-electron chi connectivity index (χ0n) is 18.8. The molecular formula is C24H29ClN2O5S. The number of ether oxygens (including phenoxy) is 1. The SMILES string of the molecule is C=CCN(C(=O)C1N(CCO)C(=O)[C@@H]2[C@H](C(=O)OCC)[C@@H]3CC(C)C12S3)c1ccccc1Cl. The highest BCUT2D eigenvalue weighted by Crippen LogP contribution is 2.68. The number of thioether (sulfide) groups is 1. The Morgan fingerprint density at radius 2 is 2.15 bits per heavy atom. The maximum absolute atomic E-state index is 14.2. The first-order valence-electron chi connectivity index (χ1n) is 11.3. The summed E-state index contributed by atoms with van der Waals surface area (Å²) < 4.78 is 4.56. The molecule has 0 radical (unpaired) electrons. The van der Waals surface area contributed by atoms with E-state index in [0.29, 0.717) is 10.7 Å². The van der Waals surface area contributed by atoms with Gasteiger partial charge in [0.1, 0.15) is 6.04 Å². The number of likely N-dealkylation sites (tertiary alicyclic amines) is 1. The van der Waals surface area contributed by atoms with Crippen LogP contribution in [-0.2, 0) is 19.1 Å². The minimum absolute atomic E-state index is 0.0193. The Hall–Kier alpha value is -2.03. The lowest BCUT2D eigenvalue weighted by Crippen LogP contribution is -2.57. The summed E-state index contributed by atoms with van der Waals surface area (Å²) in [4.78, 5) is 43.8. The Kier molecular flexibility index (Phi) is 6.80. The highest BCUT2D eigenvalue weighted by Gasteiger charge is 2.76. The third-order valence-electron chi connectivity index (χ3n) is 7.10. The fourth-order valence-electron chi connectivity index (χ4n) is 5.91. The number of amides is 2. The predicted molar refractivity (Wildman–Crippen MR) is 128 cm³/mol. The van der Waals surface area contributed by atoms with E-state index in [1.54, 1.807) is 53.9 Å². The van der Waals surface area contributed by atoms with Crippen LogP contribution in [-0.4, -0.2) is 70.1 Å². The molecular weight excluding hydrogens is 464 g/mol. The number of anilines is 1. The number of β-amino-alcohol motifs (C(OH)–C–C–N with tert-alkyl or cyclic N) is 1. The molecule has 3 heterocycles. The number of rotatable bonds is 8. The molecule has 2 bridgehead atoms. The van der Waals surface area contributed by atoms with Crippen molar-refractivity contribution in [1.29, 1.82) is 0 Å². The van der Waals surface area contributed by atoms with Crippen LogP contribution in [0.15, 0.2) is 36.9 Å². The van der Waals surface area contributed by atoms with Gasteiger partial charge in [0, 0.05) is 18.3 Å². The number of nitrogens with zero attached hydrogens (tertiary/aromatic N) is 2. The van der Waals surface area contributed by atoms with Gasteiger partial charge in [0.05, 0.1) is 40.5 Å². The van der Waals surface area contributed by atoms with Gasteiger partial charge in [-0.25, -0.2) is 0 Å². The van der Waals surface area contributed by atoms with E-state index in [1.807, 2.05) is 6.92 Å². The molecule has 0 aromatic heterocycles. The van der Waals surface area contributed by atoms with Gasteiger partial charge in [-0.1, -0.05) is 36.7 Å². The van der Waals surface area contributed by atoms with Crippen molar-refractivity contribution in [2.45, 2.75) is 36.3 Å². The van der Waals surface area contributed by atoms with Gasteiger partial charge in [-0.15, -0.1) is 18.3 Å². The number of hydrogen-bond acceptors (Lipinski definition) is 6. The number of benzene rings is 1. The van der Waals surface area contributed by atoms with Gasteiger partial charge < -0.3 is 19.6 Å². The van der Waals surface area contributed by atoms with Crippen LogP contribution in [0.5, 0.6) is 0 Å². The summed E-state index contributed by atoms with van der Waals surface area (Å²) in [5.74, 6) is -2.15. The van der Waals surface area contributed by atoms with Gasteiger partial charge in [-0.05, 0) is 31.4 Å². The molecule has 33 heavy (non-hydrogen) atoms. The third-order valence-corrected chi connectivity index (χ3v) is 9.50. The molecule has 0 saturated carbocycles. The first-order chi connectivity index (χ1) is 15.8. The van der Waals surface area contributed by atoms with E-state index in [9.17, 15) is 19.5 Å². The van der Waals surface area contributed by atoms with Crippen molar-refractivity contribution in [1.82, 2.24) is 4.90 Å². The van der Waals surface area contributed by atoms with Gasteiger partial charge in [0.15, 0.2) is 0 Å². The molecule has 3 fully saturated rings. The topological polar surface area (TPSA) is 87.2 Å². The highest BCUT2D eigenvalue weighted by molar-refractivity contribution is 8.02. The number of aliphatic hydroxyl groups is 1. The number of carbonyl (C=O) groups excluding carboxylic acids is 3. The van der Waals surface area contributed by atoms with E-state index in [0.717, 1.165) is 6.42 Å². The number of para-hydroxylation sites is 1. The van der Waals surface area contributed by atoms with Crippen LogP contribution in [0.4, 0.5) is 5.69 Å². The molecule has 2 amide bonds. The van der Waals surface area contributed by atoms with E-state index >= 15 is 0 Å². The Morgan fingerprint density at radius 3 is 2.79 bits per heavy atom. The second-order valence-corrected chi connectivity index (χ2v) is 10.7. The van der Waals surface area contributed by atoms with E-state index in [2.05, 4.69) is 6.58 Å². The highest BCUT2D eigenvalue weighted by atomic mass is 35.5. The van der Waals surface area contributed by atoms with E-state index in [1.165, 1.54) is 4.90 Å². The number of hydrogen-bond donors (Lipinski definition) is 1. The van der Waals surface area contributed by atoms with Crippen LogP contribution >= 0.6 is 23.4 Å². The Balaban J connectivity index is 1.81. The third kappa shape index (κ3) is 3.58. The van der Waals surface area contributed by atoms with Crippen molar-refractivity contribution in [2.75, 3.05) is 31.2 Å². The number of fused-ring (bicyclic) bond motifs is 1. The van der Waals surface area contributed by atoms with Gasteiger partial charge in [0.2, 0.25) is 5.91 Å². The molecule has 178 valence electrons. The lowest BCUT2D eigenvalue weighted by molar-refractivity contribution is -0.154. The minimum Gasteiger partial charge on any atom is -0.466 e. The van der Waals surface area contributed by atoms with Crippen LogP contribution in [0, 0.1) is 17.8 Å². The number of aliphatic hydroxyl groups excluding tert-OH is 1. The standard InChI is InChI=1S/C24H29ClN2O5S/c1-4-10-26(16-9-7-6-8-15(16)25)22(30)20-24-14(3)13-17(33-24)18(23(31)32-5-2)19(24)21(29)27(20)11-12-28/h4,6-9,14,17-20,28H,1,5,10-13H2,2-3H3/t14?,17-,18+,19-,20?,24?/m0/s1. The summed E-state index contributed by atoms with van der Waals surface area (Å²) in [6.07, 6.45) is 2.34. The van der Waals surface area contributed by atoms with Crippen LogP contribution < -0.4 is 4.90 Å². The van der Waals surface area contributed by atoms with Gasteiger partial charge >= 0.3 is 5.97 Å². The summed E-state index contributed by atoms with van der Waals surface area (Å²) >= 11 is 8.01. The maximum atomic E-state index is 14.2. The molecule has 9 heteroatoms. The molecule has 1 aromatic rings. The van der Waals surface area contributed by atoms with Crippen LogP contribution in [0.2, 0.25) is 5.02 Å². The lowest BCUT2D eigenvalue weighted by atomic mass is 9.66. The van der Waals surface area contributed by atoms with Crippen molar-refractivity contribution in [2.24, 2.45) is 17.8 Å². The summed E-state index contributed by atoms with van der Waals surface area (Å²) in [6.45, 7) is 7.77. The van der Waals surface area contributed by atoms with E-state index < -0.39 is 22.6 Å². The normalized spacial score (nSPS) is 32.1. The van der Waals surface area contributed by atoms with Crippen molar-refractivity contribution < 1.29 is 24.2 Å². The quantitative estimate of drug-likeness (QED) is 0.443. The Bertz CT molecular complexity index is 974. The van der Waals surface area contributed by atoms with Crippen molar-refractivity contribution in [3.8, 4) is 0 Å². The van der Waals surface area contributed by atoms with Crippen molar-refractivity contribution >= 4 is 46.8 Å². The fraction of sp³-hybridized carbons (Fsp3) is 0.542. The first kappa shape index (κ1) is 24.1. The fourth-order valence-corrected chi connectivity index (χ4v) is 8.55. The molecule has 4 rings (SSSR count). The molecule has 1 N–H and O–H groups in total. The largest absolute Gasteiger partial charge is 0.466 e. The van der Waals surface area contributed by atoms with Gasteiger partial charge in [-0.2, -0.15) is 0 Å². The van der Waals surface area contributed by atoms with Crippen LogP contribution in [0.1, 0.15) is 20.3 Å². The van der Waals surface area contributed by atoms with Crippen molar-refractivity contribution in [3.63, 3.8) is 0 Å². The molecule has 1 spiro atoms. The van der Waals surface area contributed by atoms with Gasteiger partial charge in [-0.3, -0.25) is 14.4 Å². The first-order valence-corrected chi connectivity index (χ1v) is 12.5. The lowest BCUT2D eigenvalue weighted by Gasteiger charge is -2.40. The second kappa shape index (κ2) is 9.31. The maximum Gasteiger partial charge on any atom is 0.310 e. The second-order valence-electron chi connectivity index (χ2n) is 8.75. The van der Waals surface area contributed by atoms with Crippen molar-refractivity contribution in [3.05, 3.63) is 41.9 Å². The number of halogens is 1. The Morgan fingerprint density at radius 1 is 1.42 bits per heavy atom. The monoisotopic (exact) mass is 492 g/mol.